The summed E-state index contributed by atoms with van der Waals surface area (Å²) in [5.41, 5.74) is 2.56. The van der Waals surface area contributed by atoms with Gasteiger partial charge in [0.15, 0.2) is 0 Å². The zero-order chi connectivity index (χ0) is 19.5. The van der Waals surface area contributed by atoms with E-state index in [0.29, 0.717) is 9.65 Å². The van der Waals surface area contributed by atoms with Crippen LogP contribution in [0.2, 0.25) is 0 Å². The Balaban J connectivity index is 2.17. The second-order valence-corrected chi connectivity index (χ2v) is 9.69. The van der Waals surface area contributed by atoms with Crippen LogP contribution in [0.5, 0.6) is 0 Å². The van der Waals surface area contributed by atoms with Crippen LogP contribution >= 0.6 is 31.9 Å². The first-order chi connectivity index (χ1) is 13.1. The van der Waals surface area contributed by atoms with Crippen molar-refractivity contribution in [3.63, 3.8) is 0 Å². The molecule has 2 aromatic rings. The number of rotatable bonds is 12. The summed E-state index contributed by atoms with van der Waals surface area (Å²) >= 11 is 7.57. The molecule has 0 fully saturated rings. The standard InChI is InChI=1S/C24H32Br2O/c1-3-21(25)15-17-23(19-11-7-5-8-12-19)27-24(18-16-22(26)4-2)20-13-9-6-10-14-20/h5-14,21-24H,3-4,15-18H2,1-2H3. The lowest BCUT2D eigenvalue weighted by atomic mass is 9.99. The maximum atomic E-state index is 6.77. The quantitative estimate of drug-likeness (QED) is 0.268. The van der Waals surface area contributed by atoms with Crippen LogP contribution in [0.4, 0.5) is 0 Å². The molecule has 0 saturated carbocycles. The smallest absolute Gasteiger partial charge is 0.0833 e. The molecule has 0 saturated heterocycles. The highest BCUT2D eigenvalue weighted by atomic mass is 79.9. The van der Waals surface area contributed by atoms with E-state index in [4.69, 9.17) is 4.74 Å². The van der Waals surface area contributed by atoms with E-state index in [2.05, 4.69) is 106 Å². The molecule has 27 heavy (non-hydrogen) atoms. The predicted octanol–water partition coefficient (Wildman–Crippen LogP) is 8.39. The van der Waals surface area contributed by atoms with Gasteiger partial charge >= 0.3 is 0 Å². The fraction of sp³-hybridized carbons (Fsp3) is 0.500. The van der Waals surface area contributed by atoms with Crippen molar-refractivity contribution in [2.24, 2.45) is 0 Å². The molecule has 4 atom stereocenters. The molecular formula is C24H32Br2O. The zero-order valence-electron chi connectivity index (χ0n) is 16.5. The van der Waals surface area contributed by atoms with Crippen LogP contribution in [0.15, 0.2) is 60.7 Å². The van der Waals surface area contributed by atoms with E-state index in [1.807, 2.05) is 0 Å². The minimum Gasteiger partial charge on any atom is -0.366 e. The number of hydrogen-bond acceptors (Lipinski definition) is 1. The van der Waals surface area contributed by atoms with Gasteiger partial charge < -0.3 is 4.74 Å². The highest BCUT2D eigenvalue weighted by Gasteiger charge is 2.21. The monoisotopic (exact) mass is 494 g/mol. The summed E-state index contributed by atoms with van der Waals surface area (Å²) in [6.07, 6.45) is 6.83. The van der Waals surface area contributed by atoms with Gasteiger partial charge in [-0.15, -0.1) is 0 Å². The minimum atomic E-state index is 0.124. The van der Waals surface area contributed by atoms with Gasteiger partial charge in [-0.25, -0.2) is 0 Å². The minimum absolute atomic E-state index is 0.124. The van der Waals surface area contributed by atoms with Crippen molar-refractivity contribution in [2.75, 3.05) is 0 Å². The predicted molar refractivity (Wildman–Crippen MR) is 124 cm³/mol. The van der Waals surface area contributed by atoms with E-state index in [-0.39, 0.29) is 12.2 Å². The lowest BCUT2D eigenvalue weighted by Gasteiger charge is -2.27. The van der Waals surface area contributed by atoms with Crippen molar-refractivity contribution in [1.82, 2.24) is 0 Å². The summed E-state index contributed by atoms with van der Waals surface area (Å²) in [6, 6.07) is 21.4. The van der Waals surface area contributed by atoms with Gasteiger partial charge in [-0.1, -0.05) is 106 Å². The molecule has 3 heteroatoms. The normalized spacial score (nSPS) is 15.9. The Morgan fingerprint density at radius 1 is 0.630 bits per heavy atom. The molecule has 0 radical (unpaired) electrons. The van der Waals surface area contributed by atoms with Crippen LogP contribution in [-0.2, 0) is 4.74 Å². The molecule has 0 aliphatic carbocycles. The van der Waals surface area contributed by atoms with Crippen LogP contribution in [0.3, 0.4) is 0 Å². The molecule has 2 rings (SSSR count). The number of halogens is 2. The van der Waals surface area contributed by atoms with E-state index in [1.54, 1.807) is 0 Å². The first kappa shape index (κ1) is 22.6. The average molecular weight is 496 g/mol. The molecule has 2 aromatic carbocycles. The fourth-order valence-corrected chi connectivity index (χ4v) is 3.76. The Labute approximate surface area is 182 Å². The van der Waals surface area contributed by atoms with Gasteiger partial charge in [-0.05, 0) is 49.7 Å². The molecule has 0 aromatic heterocycles. The van der Waals surface area contributed by atoms with Gasteiger partial charge in [0.25, 0.3) is 0 Å². The highest BCUT2D eigenvalue weighted by molar-refractivity contribution is 9.09. The zero-order valence-corrected chi connectivity index (χ0v) is 19.7. The van der Waals surface area contributed by atoms with Crippen molar-refractivity contribution in [3.8, 4) is 0 Å². The molecule has 0 aliphatic heterocycles. The Morgan fingerprint density at radius 2 is 1.00 bits per heavy atom. The maximum absolute atomic E-state index is 6.77. The third kappa shape index (κ3) is 8.09. The molecule has 0 amide bonds. The van der Waals surface area contributed by atoms with Crippen LogP contribution in [0.25, 0.3) is 0 Å². The summed E-state index contributed by atoms with van der Waals surface area (Å²) in [4.78, 5) is 1.10. The van der Waals surface area contributed by atoms with Crippen molar-refractivity contribution < 1.29 is 4.74 Å². The van der Waals surface area contributed by atoms with Crippen LogP contribution in [0.1, 0.15) is 75.7 Å². The van der Waals surface area contributed by atoms with Crippen LogP contribution < -0.4 is 0 Å². The Morgan fingerprint density at radius 3 is 1.33 bits per heavy atom. The molecule has 0 spiro atoms. The molecule has 1 nitrogen and oxygen atoms in total. The number of alkyl halides is 2. The first-order valence-corrected chi connectivity index (χ1v) is 12.0. The summed E-state index contributed by atoms with van der Waals surface area (Å²) in [5.74, 6) is 0. The maximum Gasteiger partial charge on any atom is 0.0833 e. The van der Waals surface area contributed by atoms with Gasteiger partial charge in [-0.2, -0.15) is 0 Å². The van der Waals surface area contributed by atoms with Gasteiger partial charge in [0.1, 0.15) is 0 Å². The lowest BCUT2D eigenvalue weighted by Crippen LogP contribution is -2.14. The van der Waals surface area contributed by atoms with Gasteiger partial charge in [0, 0.05) is 9.65 Å². The van der Waals surface area contributed by atoms with Gasteiger partial charge in [0.2, 0.25) is 0 Å². The van der Waals surface area contributed by atoms with Crippen molar-refractivity contribution >= 4 is 31.9 Å². The summed E-state index contributed by atoms with van der Waals surface area (Å²) < 4.78 is 6.77. The van der Waals surface area contributed by atoms with Crippen molar-refractivity contribution in [3.05, 3.63) is 71.8 Å². The van der Waals surface area contributed by atoms with E-state index in [0.717, 1.165) is 38.5 Å². The van der Waals surface area contributed by atoms with Gasteiger partial charge in [-0.3, -0.25) is 0 Å². The molecule has 0 heterocycles. The number of ether oxygens (including phenoxy) is 1. The Kier molecular flexibility index (Phi) is 10.7. The van der Waals surface area contributed by atoms with Crippen molar-refractivity contribution in [1.29, 1.82) is 0 Å². The van der Waals surface area contributed by atoms with Crippen LogP contribution in [0, 0.1) is 0 Å². The molecule has 148 valence electrons. The van der Waals surface area contributed by atoms with E-state index < -0.39 is 0 Å². The summed E-state index contributed by atoms with van der Waals surface area (Å²) in [6.45, 7) is 4.46. The van der Waals surface area contributed by atoms with Gasteiger partial charge in [0.05, 0.1) is 12.2 Å². The molecule has 4 unspecified atom stereocenters. The number of benzene rings is 2. The lowest BCUT2D eigenvalue weighted by molar-refractivity contribution is -0.0258. The van der Waals surface area contributed by atoms with E-state index in [9.17, 15) is 0 Å². The summed E-state index contributed by atoms with van der Waals surface area (Å²) in [7, 11) is 0. The molecule has 0 bridgehead atoms. The molecule has 0 N–H and O–H groups in total. The second-order valence-electron chi connectivity index (χ2n) is 7.10. The summed E-state index contributed by atoms with van der Waals surface area (Å²) in [5, 5.41) is 0. The van der Waals surface area contributed by atoms with Crippen LogP contribution in [-0.4, -0.2) is 9.65 Å². The Hall–Kier alpha value is -0.640. The number of hydrogen-bond donors (Lipinski definition) is 0. The van der Waals surface area contributed by atoms with E-state index >= 15 is 0 Å². The highest BCUT2D eigenvalue weighted by Crippen LogP contribution is 2.35. The second kappa shape index (κ2) is 12.7. The SMILES string of the molecule is CCC(Br)CCC(OC(CCC(Br)CC)c1ccccc1)c1ccccc1. The topological polar surface area (TPSA) is 9.23 Å². The molecule has 0 aliphatic rings. The average Bonchev–Trinajstić information content (AvgIpc) is 2.73. The largest absolute Gasteiger partial charge is 0.366 e. The third-order valence-electron chi connectivity index (χ3n) is 5.04. The van der Waals surface area contributed by atoms with E-state index in [1.165, 1.54) is 11.1 Å². The fourth-order valence-electron chi connectivity index (χ4n) is 3.23. The molecular weight excluding hydrogens is 464 g/mol. The Bertz CT molecular complexity index is 561. The van der Waals surface area contributed by atoms with Crippen molar-refractivity contribution in [2.45, 2.75) is 74.2 Å². The third-order valence-corrected chi connectivity index (χ3v) is 7.25. The first-order valence-electron chi connectivity index (χ1n) is 10.2.